The predicted molar refractivity (Wildman–Crippen MR) is 116 cm³/mol. The van der Waals surface area contributed by atoms with Crippen LogP contribution in [-0.2, 0) is 33.4 Å². The molecule has 1 aliphatic heterocycles. The van der Waals surface area contributed by atoms with Gasteiger partial charge in [-0.2, -0.15) is 0 Å². The summed E-state index contributed by atoms with van der Waals surface area (Å²) in [6.45, 7) is 9.06. The van der Waals surface area contributed by atoms with Crippen molar-refractivity contribution in [3.63, 3.8) is 0 Å². The van der Waals surface area contributed by atoms with Crippen LogP contribution in [0.5, 0.6) is 0 Å². The Kier molecular flexibility index (Phi) is 6.80. The molecule has 0 spiro atoms. The van der Waals surface area contributed by atoms with Crippen molar-refractivity contribution in [1.82, 2.24) is 0 Å². The highest BCUT2D eigenvalue weighted by Crippen LogP contribution is 2.54. The first kappa shape index (κ1) is 24.4. The molecule has 0 aromatic heterocycles. The van der Waals surface area contributed by atoms with Crippen molar-refractivity contribution in [2.75, 3.05) is 7.11 Å². The fourth-order valence-electron chi connectivity index (χ4n) is 5.35. The molecule has 0 bridgehead atoms. The molecular weight excluding hydrogens is 412 g/mol. The zero-order valence-electron chi connectivity index (χ0n) is 19.8. The second-order valence-corrected chi connectivity index (χ2v) is 9.59. The second-order valence-electron chi connectivity index (χ2n) is 9.59. The summed E-state index contributed by atoms with van der Waals surface area (Å²) < 4.78 is 16.8. The molecule has 0 unspecified atom stereocenters. The first-order chi connectivity index (χ1) is 15.0. The van der Waals surface area contributed by atoms with E-state index in [1.54, 1.807) is 19.9 Å². The summed E-state index contributed by atoms with van der Waals surface area (Å²) in [5, 5.41) is 0. The molecule has 32 heavy (non-hydrogen) atoms. The van der Waals surface area contributed by atoms with E-state index >= 15 is 0 Å². The van der Waals surface area contributed by atoms with Gasteiger partial charge in [-0.05, 0) is 39.2 Å². The number of hydrogen-bond donors (Lipinski definition) is 0. The zero-order chi connectivity index (χ0) is 23.8. The summed E-state index contributed by atoms with van der Waals surface area (Å²) in [7, 11) is 1.28. The summed E-state index contributed by atoms with van der Waals surface area (Å²) in [6, 6.07) is 0. The van der Waals surface area contributed by atoms with Crippen LogP contribution in [0.15, 0.2) is 23.8 Å². The van der Waals surface area contributed by atoms with E-state index in [1.807, 2.05) is 26.8 Å². The maximum absolute atomic E-state index is 14.2. The van der Waals surface area contributed by atoms with E-state index in [0.717, 1.165) is 5.57 Å². The molecule has 0 radical (unpaired) electrons. The van der Waals surface area contributed by atoms with Gasteiger partial charge in [0.1, 0.15) is 12.2 Å². The van der Waals surface area contributed by atoms with Gasteiger partial charge in [0.2, 0.25) is 0 Å². The summed E-state index contributed by atoms with van der Waals surface area (Å²) in [5.74, 6) is -3.62. The smallest absolute Gasteiger partial charge is 0.311 e. The minimum Gasteiger partial charge on any atom is -0.469 e. The molecule has 3 rings (SSSR count). The van der Waals surface area contributed by atoms with E-state index in [0.29, 0.717) is 19.3 Å². The number of allylic oxidation sites excluding steroid dienone is 2. The van der Waals surface area contributed by atoms with Crippen molar-refractivity contribution in [1.29, 1.82) is 0 Å². The van der Waals surface area contributed by atoms with Crippen molar-refractivity contribution >= 4 is 23.5 Å². The maximum Gasteiger partial charge on any atom is 0.311 e. The molecule has 0 aromatic rings. The lowest BCUT2D eigenvalue weighted by Crippen LogP contribution is -2.55. The van der Waals surface area contributed by atoms with Crippen LogP contribution in [0.2, 0.25) is 0 Å². The monoisotopic (exact) mass is 446 g/mol. The van der Waals surface area contributed by atoms with Gasteiger partial charge < -0.3 is 14.2 Å². The highest BCUT2D eigenvalue weighted by molar-refractivity contribution is 6.04. The molecule has 1 heterocycles. The van der Waals surface area contributed by atoms with Crippen LogP contribution >= 0.6 is 0 Å². The van der Waals surface area contributed by atoms with E-state index < -0.39 is 46.9 Å². The van der Waals surface area contributed by atoms with E-state index in [1.165, 1.54) is 13.2 Å². The van der Waals surface area contributed by atoms with Crippen molar-refractivity contribution in [3.05, 3.63) is 23.8 Å². The molecule has 0 aromatic carbocycles. The fraction of sp³-hybridized carbons (Fsp3) is 0.680. The Morgan fingerprint density at radius 1 is 1.31 bits per heavy atom. The van der Waals surface area contributed by atoms with Crippen molar-refractivity contribution in [2.45, 2.75) is 78.1 Å². The van der Waals surface area contributed by atoms with Crippen LogP contribution in [0, 0.1) is 23.2 Å². The molecule has 0 amide bonds. The topological polar surface area (TPSA) is 99.3 Å². The standard InChI is InChI=1S/C25H34O7/c1-7-8-20(27)31-18-10-9-14(2)13-19-25(32-19,16(4)23(29)30-6)22(28)21-15(3)17(26)11-12-24(18,21)5/h11-13,15-16,18-19,21H,7-10H2,1-6H3/b14-13-/t15-,16+,18+,19-,21-,24-,25+/m1/s1. The van der Waals surface area contributed by atoms with E-state index in [9.17, 15) is 19.2 Å². The van der Waals surface area contributed by atoms with Crippen molar-refractivity contribution in [2.24, 2.45) is 23.2 Å². The minimum absolute atomic E-state index is 0.165. The molecule has 3 aliphatic rings. The molecular formula is C25H34O7. The number of methoxy groups -OCH3 is 1. The Bertz CT molecular complexity index is 872. The second kappa shape index (κ2) is 8.93. The van der Waals surface area contributed by atoms with Gasteiger partial charge in [-0.3, -0.25) is 19.2 Å². The van der Waals surface area contributed by atoms with Crippen molar-refractivity contribution < 1.29 is 33.4 Å². The number of rotatable bonds is 5. The Balaban J connectivity index is 2.13. The minimum atomic E-state index is -1.39. The Labute approximate surface area is 189 Å². The number of Topliss-reactive ketones (excluding diaryl/α,β-unsaturated/α-hetero) is 1. The Morgan fingerprint density at radius 3 is 2.62 bits per heavy atom. The summed E-state index contributed by atoms with van der Waals surface area (Å²) >= 11 is 0. The van der Waals surface area contributed by atoms with Crippen LogP contribution < -0.4 is 0 Å². The Hall–Kier alpha value is -2.28. The van der Waals surface area contributed by atoms with Gasteiger partial charge in [0.15, 0.2) is 17.2 Å². The van der Waals surface area contributed by atoms with Gasteiger partial charge in [0.25, 0.3) is 0 Å². The molecule has 1 fully saturated rings. The fourth-order valence-corrected chi connectivity index (χ4v) is 5.35. The number of fused-ring (bicyclic) bond motifs is 2. The van der Waals surface area contributed by atoms with Crippen LogP contribution in [-0.4, -0.2) is 48.4 Å². The molecule has 0 N–H and O–H groups in total. The molecule has 176 valence electrons. The van der Waals surface area contributed by atoms with E-state index in [4.69, 9.17) is 14.2 Å². The van der Waals surface area contributed by atoms with E-state index in [-0.39, 0.29) is 24.0 Å². The lowest BCUT2D eigenvalue weighted by atomic mass is 9.58. The molecule has 7 atom stereocenters. The first-order valence-corrected chi connectivity index (χ1v) is 11.4. The van der Waals surface area contributed by atoms with Gasteiger partial charge >= 0.3 is 11.9 Å². The Morgan fingerprint density at radius 2 is 2.00 bits per heavy atom. The highest BCUT2D eigenvalue weighted by Gasteiger charge is 2.70. The average molecular weight is 447 g/mol. The quantitative estimate of drug-likeness (QED) is 0.363. The number of esters is 2. The van der Waals surface area contributed by atoms with Crippen LogP contribution in [0.4, 0.5) is 0 Å². The molecule has 0 saturated carbocycles. The zero-order valence-corrected chi connectivity index (χ0v) is 19.8. The normalized spacial score (nSPS) is 39.1. The van der Waals surface area contributed by atoms with Gasteiger partial charge in [0.05, 0.1) is 13.0 Å². The van der Waals surface area contributed by atoms with Gasteiger partial charge in [0, 0.05) is 23.7 Å². The van der Waals surface area contributed by atoms with E-state index in [2.05, 4.69) is 0 Å². The van der Waals surface area contributed by atoms with Gasteiger partial charge in [-0.1, -0.05) is 38.5 Å². The lowest BCUT2D eigenvalue weighted by Gasteiger charge is -2.46. The number of carbonyl (C=O) groups is 4. The molecule has 7 nitrogen and oxygen atoms in total. The number of ether oxygens (including phenoxy) is 3. The SMILES string of the molecule is CCCC(=O)O[C@H]1CC/C(C)=C\[C@H]2O[C@]2([C@@H](C)C(=O)OC)C(=O)[C@H]2[C@H](C)C(=O)C=C[C@]12C. The average Bonchev–Trinajstić information content (AvgIpc) is 3.47. The molecule has 7 heteroatoms. The highest BCUT2D eigenvalue weighted by atomic mass is 16.6. The van der Waals surface area contributed by atoms with Crippen LogP contribution in [0.1, 0.15) is 60.3 Å². The largest absolute Gasteiger partial charge is 0.469 e. The first-order valence-electron chi connectivity index (χ1n) is 11.4. The third-order valence-electron chi connectivity index (χ3n) is 7.44. The predicted octanol–water partition coefficient (Wildman–Crippen LogP) is 3.35. The third kappa shape index (κ3) is 3.96. The summed E-state index contributed by atoms with van der Waals surface area (Å²) in [6.07, 6.45) is 6.04. The number of carbonyl (C=O) groups excluding carboxylic acids is 4. The number of ketones is 2. The number of hydrogen-bond acceptors (Lipinski definition) is 7. The summed E-state index contributed by atoms with van der Waals surface area (Å²) in [4.78, 5) is 51.8. The number of epoxide rings is 1. The van der Waals surface area contributed by atoms with Crippen LogP contribution in [0.3, 0.4) is 0 Å². The molecule has 2 aliphatic carbocycles. The van der Waals surface area contributed by atoms with Crippen LogP contribution in [0.25, 0.3) is 0 Å². The van der Waals surface area contributed by atoms with Gasteiger partial charge in [-0.25, -0.2) is 0 Å². The lowest BCUT2D eigenvalue weighted by molar-refractivity contribution is -0.163. The maximum atomic E-state index is 14.2. The van der Waals surface area contributed by atoms with Crippen molar-refractivity contribution in [3.8, 4) is 0 Å². The molecule has 1 saturated heterocycles. The third-order valence-corrected chi connectivity index (χ3v) is 7.44. The summed E-state index contributed by atoms with van der Waals surface area (Å²) in [5.41, 5.74) is -1.32. The van der Waals surface area contributed by atoms with Gasteiger partial charge in [-0.15, -0.1) is 0 Å².